The van der Waals surface area contributed by atoms with Crippen LogP contribution in [0, 0.1) is 6.92 Å². The summed E-state index contributed by atoms with van der Waals surface area (Å²) in [6, 6.07) is 10.4. The van der Waals surface area contributed by atoms with Crippen molar-refractivity contribution < 1.29 is 0 Å². The van der Waals surface area contributed by atoms with E-state index >= 15 is 0 Å². The molecule has 0 aliphatic rings. The molecule has 0 aliphatic heterocycles. The monoisotopic (exact) mass is 179 g/mol. The predicted molar refractivity (Wildman–Crippen MR) is 57.4 cm³/mol. The zero-order valence-corrected chi connectivity index (χ0v) is 8.13. The van der Waals surface area contributed by atoms with Crippen molar-refractivity contribution in [3.05, 3.63) is 42.8 Å². The second-order valence-corrected chi connectivity index (χ2v) is 3.55. The van der Waals surface area contributed by atoms with Crippen molar-refractivity contribution in [1.29, 1.82) is 0 Å². The fourth-order valence-corrected chi connectivity index (χ4v) is 1.53. The van der Waals surface area contributed by atoms with E-state index in [0.29, 0.717) is 5.25 Å². The molecule has 0 aliphatic carbocycles. The molecular formula is C11H15S. The number of hydrogen-bond acceptors (Lipinski definition) is 1. The Bertz CT molecular complexity index is 206. The molecule has 0 saturated carbocycles. The number of thiol groups is 1. The molecule has 0 saturated heterocycles. The molecule has 0 heterocycles. The normalized spacial score (nSPS) is 12.8. The Kier molecular flexibility index (Phi) is 4.23. The van der Waals surface area contributed by atoms with Crippen LogP contribution in [0.25, 0.3) is 0 Å². The van der Waals surface area contributed by atoms with Crippen LogP contribution in [0.3, 0.4) is 0 Å². The van der Waals surface area contributed by atoms with Gasteiger partial charge >= 0.3 is 0 Å². The van der Waals surface area contributed by atoms with Crippen LogP contribution in [-0.4, -0.2) is 0 Å². The van der Waals surface area contributed by atoms with Crippen molar-refractivity contribution in [1.82, 2.24) is 0 Å². The third kappa shape index (κ3) is 2.90. The van der Waals surface area contributed by atoms with Gasteiger partial charge < -0.3 is 0 Å². The van der Waals surface area contributed by atoms with E-state index in [9.17, 15) is 0 Å². The van der Waals surface area contributed by atoms with Crippen molar-refractivity contribution in [3.8, 4) is 0 Å². The molecule has 12 heavy (non-hydrogen) atoms. The Labute approximate surface area is 80.4 Å². The van der Waals surface area contributed by atoms with E-state index in [1.165, 1.54) is 5.56 Å². The maximum absolute atomic E-state index is 4.53. The Morgan fingerprint density at radius 1 is 1.25 bits per heavy atom. The first kappa shape index (κ1) is 9.66. The van der Waals surface area contributed by atoms with E-state index in [4.69, 9.17) is 0 Å². The Morgan fingerprint density at radius 2 is 1.92 bits per heavy atom. The summed E-state index contributed by atoms with van der Waals surface area (Å²) in [7, 11) is 0. The molecule has 1 aromatic carbocycles. The second-order valence-electron chi connectivity index (χ2n) is 2.92. The molecule has 1 rings (SSSR count). The van der Waals surface area contributed by atoms with Crippen LogP contribution in [0.4, 0.5) is 0 Å². The van der Waals surface area contributed by atoms with Crippen LogP contribution >= 0.6 is 12.6 Å². The Morgan fingerprint density at radius 3 is 2.50 bits per heavy atom. The third-order valence-electron chi connectivity index (χ3n) is 1.91. The van der Waals surface area contributed by atoms with Gasteiger partial charge in [0, 0.05) is 5.25 Å². The van der Waals surface area contributed by atoms with Crippen molar-refractivity contribution in [3.63, 3.8) is 0 Å². The summed E-state index contributed by atoms with van der Waals surface area (Å²) in [6.07, 6.45) is 3.28. The van der Waals surface area contributed by atoms with Crippen molar-refractivity contribution in [2.24, 2.45) is 0 Å². The maximum atomic E-state index is 4.53. The van der Waals surface area contributed by atoms with Crippen LogP contribution in [-0.2, 0) is 0 Å². The summed E-state index contributed by atoms with van der Waals surface area (Å²) < 4.78 is 0. The zero-order chi connectivity index (χ0) is 8.81. The van der Waals surface area contributed by atoms with Crippen LogP contribution in [0.1, 0.15) is 30.1 Å². The number of hydrogen-bond donors (Lipinski definition) is 1. The number of unbranched alkanes of at least 4 members (excludes halogenated alkanes) is 1. The number of rotatable bonds is 4. The Balaban J connectivity index is 2.48. The lowest BCUT2D eigenvalue weighted by Crippen LogP contribution is -1.89. The molecule has 1 atom stereocenters. The van der Waals surface area contributed by atoms with Crippen LogP contribution in [0.2, 0.25) is 0 Å². The molecule has 65 valence electrons. The minimum atomic E-state index is 0.382. The first-order valence-corrected chi connectivity index (χ1v) is 4.88. The first-order chi connectivity index (χ1) is 5.84. The molecule has 1 aromatic rings. The lowest BCUT2D eigenvalue weighted by molar-refractivity contribution is 0.736. The van der Waals surface area contributed by atoms with Gasteiger partial charge in [0.05, 0.1) is 0 Å². The van der Waals surface area contributed by atoms with E-state index in [2.05, 4.69) is 43.8 Å². The van der Waals surface area contributed by atoms with E-state index in [-0.39, 0.29) is 0 Å². The van der Waals surface area contributed by atoms with Gasteiger partial charge in [-0.3, -0.25) is 0 Å². The summed E-state index contributed by atoms with van der Waals surface area (Å²) in [5.41, 5.74) is 1.31. The topological polar surface area (TPSA) is 0 Å². The molecule has 0 aromatic heterocycles. The van der Waals surface area contributed by atoms with E-state index in [1.807, 2.05) is 6.07 Å². The minimum Gasteiger partial charge on any atom is -0.171 e. The molecule has 0 fully saturated rings. The maximum Gasteiger partial charge on any atom is 0.0267 e. The van der Waals surface area contributed by atoms with Gasteiger partial charge in [0.2, 0.25) is 0 Å². The predicted octanol–water partition coefficient (Wildman–Crippen LogP) is 3.66. The fraction of sp³-hybridized carbons (Fsp3) is 0.364. The lowest BCUT2D eigenvalue weighted by atomic mass is 10.1. The minimum absolute atomic E-state index is 0.382. The molecule has 0 nitrogen and oxygen atoms in total. The van der Waals surface area contributed by atoms with Gasteiger partial charge in [-0.1, -0.05) is 50.1 Å². The van der Waals surface area contributed by atoms with Gasteiger partial charge in [-0.25, -0.2) is 0 Å². The van der Waals surface area contributed by atoms with E-state index < -0.39 is 0 Å². The van der Waals surface area contributed by atoms with Crippen LogP contribution in [0.15, 0.2) is 30.3 Å². The molecule has 0 spiro atoms. The average Bonchev–Trinajstić information content (AvgIpc) is 2.15. The van der Waals surface area contributed by atoms with Crippen molar-refractivity contribution >= 4 is 12.6 Å². The summed E-state index contributed by atoms with van der Waals surface area (Å²) in [5.74, 6) is 0. The highest BCUT2D eigenvalue weighted by Gasteiger charge is 2.03. The van der Waals surface area contributed by atoms with Gasteiger partial charge in [0.25, 0.3) is 0 Å². The van der Waals surface area contributed by atoms with Gasteiger partial charge in [0.15, 0.2) is 0 Å². The molecular weight excluding hydrogens is 164 g/mol. The van der Waals surface area contributed by atoms with E-state index in [0.717, 1.165) is 19.3 Å². The standard InChI is InChI=1S/C11H15S/c1-2-3-9-11(12)10-7-5-4-6-8-10/h4-8,11-12H,1-3,9H2. The largest absolute Gasteiger partial charge is 0.171 e. The third-order valence-corrected chi connectivity index (χ3v) is 2.47. The molecule has 1 unspecified atom stereocenters. The lowest BCUT2D eigenvalue weighted by Gasteiger charge is -2.09. The van der Waals surface area contributed by atoms with Crippen molar-refractivity contribution in [2.75, 3.05) is 0 Å². The molecule has 1 radical (unpaired) electrons. The molecule has 0 N–H and O–H groups in total. The summed E-state index contributed by atoms with van der Waals surface area (Å²) >= 11 is 4.53. The van der Waals surface area contributed by atoms with Gasteiger partial charge in [0.1, 0.15) is 0 Å². The van der Waals surface area contributed by atoms with Gasteiger partial charge in [-0.2, -0.15) is 12.6 Å². The smallest absolute Gasteiger partial charge is 0.0267 e. The fourth-order valence-electron chi connectivity index (χ4n) is 1.18. The van der Waals surface area contributed by atoms with E-state index in [1.54, 1.807) is 0 Å². The summed E-state index contributed by atoms with van der Waals surface area (Å²) in [5, 5.41) is 0.382. The van der Waals surface area contributed by atoms with Crippen molar-refractivity contribution in [2.45, 2.75) is 24.5 Å². The first-order valence-electron chi connectivity index (χ1n) is 4.37. The zero-order valence-electron chi connectivity index (χ0n) is 7.24. The molecule has 1 heteroatoms. The quantitative estimate of drug-likeness (QED) is 0.670. The van der Waals surface area contributed by atoms with Gasteiger partial charge in [-0.05, 0) is 12.0 Å². The molecule has 0 amide bonds. The molecule has 0 bridgehead atoms. The highest BCUT2D eigenvalue weighted by atomic mass is 32.1. The highest BCUT2D eigenvalue weighted by Crippen LogP contribution is 2.24. The highest BCUT2D eigenvalue weighted by molar-refractivity contribution is 7.80. The van der Waals surface area contributed by atoms with Gasteiger partial charge in [-0.15, -0.1) is 0 Å². The average molecular weight is 179 g/mol. The number of benzene rings is 1. The van der Waals surface area contributed by atoms with Crippen LogP contribution < -0.4 is 0 Å². The SMILES string of the molecule is [CH2]CCCC(S)c1ccccc1. The Hall–Kier alpha value is -0.430. The second kappa shape index (κ2) is 5.26. The summed E-state index contributed by atoms with van der Waals surface area (Å²) in [6.45, 7) is 3.82. The summed E-state index contributed by atoms with van der Waals surface area (Å²) in [4.78, 5) is 0. The van der Waals surface area contributed by atoms with Crippen LogP contribution in [0.5, 0.6) is 0 Å².